The Labute approximate surface area is 169 Å². The van der Waals surface area contributed by atoms with Gasteiger partial charge in [0.05, 0.1) is 12.2 Å². The smallest absolute Gasteiger partial charge is 0.267 e. The van der Waals surface area contributed by atoms with E-state index in [2.05, 4.69) is 22.2 Å². The maximum Gasteiger partial charge on any atom is 0.267 e. The van der Waals surface area contributed by atoms with Gasteiger partial charge in [-0.15, -0.1) is 0 Å². The Morgan fingerprint density at radius 2 is 1.86 bits per heavy atom. The summed E-state index contributed by atoms with van der Waals surface area (Å²) in [6.45, 7) is 6.31. The van der Waals surface area contributed by atoms with Crippen molar-refractivity contribution in [2.24, 2.45) is 0 Å². The van der Waals surface area contributed by atoms with Crippen molar-refractivity contribution >= 4 is 0 Å². The quantitative estimate of drug-likeness (QED) is 0.805. The number of nitrogens with zero attached hydrogens (tertiary/aromatic N) is 4. The van der Waals surface area contributed by atoms with Gasteiger partial charge in [0.2, 0.25) is 0 Å². The van der Waals surface area contributed by atoms with Crippen LogP contribution in [-0.4, -0.2) is 71.4 Å². The third kappa shape index (κ3) is 5.02. The lowest BCUT2D eigenvalue weighted by Gasteiger charge is -2.38. The third-order valence-electron chi connectivity index (χ3n) is 6.98. The van der Waals surface area contributed by atoms with Gasteiger partial charge in [-0.1, -0.05) is 6.42 Å². The molecule has 6 nitrogen and oxygen atoms in total. The van der Waals surface area contributed by atoms with E-state index in [1.54, 1.807) is 4.68 Å². The van der Waals surface area contributed by atoms with Crippen molar-refractivity contribution in [2.45, 2.75) is 76.4 Å². The Morgan fingerprint density at radius 1 is 1.04 bits per heavy atom. The van der Waals surface area contributed by atoms with Gasteiger partial charge in [-0.25, -0.2) is 4.68 Å². The average Bonchev–Trinajstić information content (AvgIpc) is 2.72. The molecule has 1 atom stereocenters. The van der Waals surface area contributed by atoms with Gasteiger partial charge in [0.1, 0.15) is 0 Å². The first-order chi connectivity index (χ1) is 13.7. The molecule has 0 saturated carbocycles. The van der Waals surface area contributed by atoms with Crippen molar-refractivity contribution in [3.8, 4) is 0 Å². The van der Waals surface area contributed by atoms with Crippen LogP contribution in [-0.2, 0) is 19.4 Å². The normalized spacial score (nSPS) is 25.0. The highest BCUT2D eigenvalue weighted by atomic mass is 16.1. The first-order valence-electron chi connectivity index (χ1n) is 11.4. The Hall–Kier alpha value is -1.24. The average molecular weight is 388 g/mol. The lowest BCUT2D eigenvalue weighted by molar-refractivity contribution is 0.130. The number of rotatable bonds is 6. The van der Waals surface area contributed by atoms with Crippen LogP contribution in [0.1, 0.15) is 56.2 Å². The molecule has 1 aromatic heterocycles. The minimum Gasteiger partial charge on any atom is -0.312 e. The molecule has 0 bridgehead atoms. The molecule has 3 aliphatic rings. The Kier molecular flexibility index (Phi) is 6.81. The highest BCUT2D eigenvalue weighted by Gasteiger charge is 2.24. The predicted octanol–water partition coefficient (Wildman–Crippen LogP) is 1.66. The SMILES string of the molecule is CN1CCC(NCC2CCCCN2CCn2nc3c(cc2=O)CCCC3)CC1. The molecule has 3 heterocycles. The zero-order valence-electron chi connectivity index (χ0n) is 17.5. The molecule has 1 aliphatic carbocycles. The zero-order chi connectivity index (χ0) is 19.3. The van der Waals surface area contributed by atoms with Crippen LogP contribution in [0.15, 0.2) is 10.9 Å². The minimum absolute atomic E-state index is 0.0821. The molecule has 2 saturated heterocycles. The number of likely N-dealkylation sites (tertiary alicyclic amines) is 2. The highest BCUT2D eigenvalue weighted by molar-refractivity contribution is 5.20. The number of fused-ring (bicyclic) bond motifs is 1. The second-order valence-corrected chi connectivity index (χ2v) is 9.06. The number of piperidine rings is 2. The van der Waals surface area contributed by atoms with Crippen molar-refractivity contribution in [3.05, 3.63) is 27.7 Å². The van der Waals surface area contributed by atoms with Crippen molar-refractivity contribution in [1.29, 1.82) is 0 Å². The molecule has 6 heteroatoms. The number of hydrogen-bond donors (Lipinski definition) is 1. The molecule has 0 spiro atoms. The van der Waals surface area contributed by atoms with E-state index in [4.69, 9.17) is 5.10 Å². The maximum absolute atomic E-state index is 12.5. The summed E-state index contributed by atoms with van der Waals surface area (Å²) in [6.07, 6.45) is 10.8. The highest BCUT2D eigenvalue weighted by Crippen LogP contribution is 2.19. The van der Waals surface area contributed by atoms with Crippen LogP contribution in [0.5, 0.6) is 0 Å². The summed E-state index contributed by atoms with van der Waals surface area (Å²) in [5.41, 5.74) is 2.43. The van der Waals surface area contributed by atoms with Gasteiger partial charge in [-0.2, -0.15) is 5.10 Å². The van der Waals surface area contributed by atoms with E-state index < -0.39 is 0 Å². The van der Waals surface area contributed by atoms with Crippen LogP contribution < -0.4 is 10.9 Å². The van der Waals surface area contributed by atoms with E-state index in [1.807, 2.05) is 6.07 Å². The fraction of sp³-hybridized carbons (Fsp3) is 0.818. The molecule has 2 fully saturated rings. The van der Waals surface area contributed by atoms with Gasteiger partial charge < -0.3 is 10.2 Å². The molecular formula is C22H37N5O. The molecule has 2 aliphatic heterocycles. The van der Waals surface area contributed by atoms with Crippen LogP contribution >= 0.6 is 0 Å². The Balaban J connectivity index is 1.32. The first-order valence-corrected chi connectivity index (χ1v) is 11.4. The predicted molar refractivity (Wildman–Crippen MR) is 113 cm³/mol. The standard InChI is InChI=1S/C22H37N5O/c1-25-12-9-19(10-13-25)23-17-20-7-4-5-11-26(20)14-15-27-22(28)16-18-6-2-3-8-21(18)24-27/h16,19-20,23H,2-15,17H2,1H3. The van der Waals surface area contributed by atoms with E-state index in [1.165, 1.54) is 63.6 Å². The molecule has 0 aromatic carbocycles. The van der Waals surface area contributed by atoms with Gasteiger partial charge >= 0.3 is 0 Å². The van der Waals surface area contributed by atoms with Crippen molar-refractivity contribution in [2.75, 3.05) is 39.8 Å². The fourth-order valence-electron chi connectivity index (χ4n) is 5.09. The van der Waals surface area contributed by atoms with Crippen LogP contribution in [0, 0.1) is 0 Å². The van der Waals surface area contributed by atoms with Gasteiger partial charge in [0, 0.05) is 31.2 Å². The van der Waals surface area contributed by atoms with Crippen LogP contribution in [0.2, 0.25) is 0 Å². The first kappa shape index (κ1) is 20.0. The van der Waals surface area contributed by atoms with Crippen molar-refractivity contribution < 1.29 is 0 Å². The van der Waals surface area contributed by atoms with E-state index in [9.17, 15) is 4.79 Å². The number of nitrogens with one attached hydrogen (secondary N) is 1. The van der Waals surface area contributed by atoms with E-state index >= 15 is 0 Å². The summed E-state index contributed by atoms with van der Waals surface area (Å²) in [6, 6.07) is 3.11. The number of hydrogen-bond acceptors (Lipinski definition) is 5. The van der Waals surface area contributed by atoms with E-state index in [0.717, 1.165) is 44.7 Å². The lowest BCUT2D eigenvalue weighted by atomic mass is 9.97. The summed E-state index contributed by atoms with van der Waals surface area (Å²) in [5.74, 6) is 0. The zero-order valence-corrected chi connectivity index (χ0v) is 17.5. The molecule has 156 valence electrons. The second-order valence-electron chi connectivity index (χ2n) is 9.06. The van der Waals surface area contributed by atoms with Gasteiger partial charge in [0.25, 0.3) is 5.56 Å². The van der Waals surface area contributed by atoms with Crippen molar-refractivity contribution in [3.63, 3.8) is 0 Å². The molecule has 0 radical (unpaired) electrons. The maximum atomic E-state index is 12.5. The van der Waals surface area contributed by atoms with E-state index in [-0.39, 0.29) is 5.56 Å². The number of aromatic nitrogens is 2. The van der Waals surface area contributed by atoms with Gasteiger partial charge in [0.15, 0.2) is 0 Å². The summed E-state index contributed by atoms with van der Waals surface area (Å²) >= 11 is 0. The molecule has 4 rings (SSSR count). The molecule has 28 heavy (non-hydrogen) atoms. The number of aryl methyl sites for hydroxylation is 2. The lowest BCUT2D eigenvalue weighted by Crippen LogP contribution is -2.50. The molecule has 0 amide bonds. The topological polar surface area (TPSA) is 53.4 Å². The van der Waals surface area contributed by atoms with Crippen LogP contribution in [0.4, 0.5) is 0 Å². The summed E-state index contributed by atoms with van der Waals surface area (Å²) in [5, 5.41) is 8.55. The van der Waals surface area contributed by atoms with Crippen molar-refractivity contribution in [1.82, 2.24) is 24.9 Å². The monoisotopic (exact) mass is 387 g/mol. The Bertz CT molecular complexity index is 695. The molecule has 1 unspecified atom stereocenters. The molecular weight excluding hydrogens is 350 g/mol. The van der Waals surface area contributed by atoms with Crippen LogP contribution in [0.3, 0.4) is 0 Å². The summed E-state index contributed by atoms with van der Waals surface area (Å²) in [7, 11) is 2.22. The third-order valence-corrected chi connectivity index (χ3v) is 6.98. The summed E-state index contributed by atoms with van der Waals surface area (Å²) in [4.78, 5) is 17.5. The van der Waals surface area contributed by atoms with Crippen LogP contribution in [0.25, 0.3) is 0 Å². The fourth-order valence-corrected chi connectivity index (χ4v) is 5.09. The summed E-state index contributed by atoms with van der Waals surface area (Å²) < 4.78 is 1.72. The second kappa shape index (κ2) is 9.51. The van der Waals surface area contributed by atoms with Gasteiger partial charge in [-0.05, 0) is 83.6 Å². The molecule has 1 N–H and O–H groups in total. The largest absolute Gasteiger partial charge is 0.312 e. The Morgan fingerprint density at radius 3 is 2.71 bits per heavy atom. The van der Waals surface area contributed by atoms with E-state index in [0.29, 0.717) is 12.1 Å². The molecule has 1 aromatic rings. The minimum atomic E-state index is 0.0821. The van der Waals surface area contributed by atoms with Gasteiger partial charge in [-0.3, -0.25) is 9.69 Å².